The van der Waals surface area contributed by atoms with Crippen LogP contribution in [0.15, 0.2) is 65.0 Å². The maximum Gasteiger partial charge on any atom is 0.271 e. The van der Waals surface area contributed by atoms with Crippen molar-refractivity contribution in [3.05, 3.63) is 76.2 Å². The first-order valence-electron chi connectivity index (χ1n) is 8.94. The van der Waals surface area contributed by atoms with Crippen LogP contribution in [0.1, 0.15) is 17.3 Å². The largest absolute Gasteiger partial charge is 0.341 e. The summed E-state index contributed by atoms with van der Waals surface area (Å²) in [5.74, 6) is -0.461. The lowest BCUT2D eigenvalue weighted by atomic mass is 10.1. The molecular formula is C21H16N4O2S. The van der Waals surface area contributed by atoms with E-state index >= 15 is 0 Å². The van der Waals surface area contributed by atoms with Crippen LogP contribution in [0.3, 0.4) is 0 Å². The molecule has 6 nitrogen and oxygen atoms in total. The first kappa shape index (κ1) is 16.7. The molecule has 3 heterocycles. The van der Waals surface area contributed by atoms with Crippen molar-refractivity contribution in [2.24, 2.45) is 0 Å². The van der Waals surface area contributed by atoms with Gasteiger partial charge in [0.05, 0.1) is 0 Å². The van der Waals surface area contributed by atoms with Crippen LogP contribution in [-0.4, -0.2) is 19.9 Å². The first-order valence-corrected chi connectivity index (χ1v) is 9.82. The fourth-order valence-electron chi connectivity index (χ4n) is 3.65. The third-order valence-electron chi connectivity index (χ3n) is 4.93. The van der Waals surface area contributed by atoms with Crippen molar-refractivity contribution >= 4 is 49.7 Å². The van der Waals surface area contributed by atoms with Gasteiger partial charge in [0.15, 0.2) is 4.96 Å². The molecule has 5 rings (SSSR count). The molecule has 0 unspecified atom stereocenters. The lowest BCUT2D eigenvalue weighted by molar-refractivity contribution is 0.102. The zero-order valence-corrected chi connectivity index (χ0v) is 15.9. The van der Waals surface area contributed by atoms with Gasteiger partial charge in [0.25, 0.3) is 11.5 Å². The van der Waals surface area contributed by atoms with Gasteiger partial charge < -0.3 is 9.88 Å². The zero-order valence-electron chi connectivity index (χ0n) is 15.0. The summed E-state index contributed by atoms with van der Waals surface area (Å²) < 4.78 is 3.63. The van der Waals surface area contributed by atoms with E-state index < -0.39 is 5.91 Å². The number of aromatic nitrogens is 3. The molecule has 0 aliphatic rings. The molecule has 0 saturated carbocycles. The van der Waals surface area contributed by atoms with Crippen molar-refractivity contribution in [2.75, 3.05) is 5.32 Å². The van der Waals surface area contributed by atoms with Gasteiger partial charge >= 0.3 is 0 Å². The van der Waals surface area contributed by atoms with Gasteiger partial charge in [-0.1, -0.05) is 18.2 Å². The quantitative estimate of drug-likeness (QED) is 0.505. The lowest BCUT2D eigenvalue weighted by Gasteiger charge is -2.06. The zero-order chi connectivity index (χ0) is 19.3. The third kappa shape index (κ3) is 2.44. The number of nitrogens with one attached hydrogen (secondary N) is 1. The van der Waals surface area contributed by atoms with Crippen molar-refractivity contribution in [1.29, 1.82) is 0 Å². The van der Waals surface area contributed by atoms with E-state index in [1.54, 1.807) is 11.6 Å². The summed E-state index contributed by atoms with van der Waals surface area (Å²) >= 11 is 1.35. The van der Waals surface area contributed by atoms with Gasteiger partial charge in [0.2, 0.25) is 0 Å². The number of nitrogens with zero attached hydrogens (tertiary/aromatic N) is 3. The predicted octanol–water partition coefficient (Wildman–Crippen LogP) is 4.14. The summed E-state index contributed by atoms with van der Waals surface area (Å²) in [6.07, 6.45) is 2.96. The first-order chi connectivity index (χ1) is 13.7. The third-order valence-corrected chi connectivity index (χ3v) is 5.70. The van der Waals surface area contributed by atoms with Gasteiger partial charge in [-0.2, -0.15) is 0 Å². The topological polar surface area (TPSA) is 68.4 Å². The van der Waals surface area contributed by atoms with E-state index in [9.17, 15) is 9.59 Å². The number of hydrogen-bond acceptors (Lipinski definition) is 4. The number of rotatable bonds is 3. The van der Waals surface area contributed by atoms with Gasteiger partial charge in [-0.15, -0.1) is 11.3 Å². The normalized spacial score (nSPS) is 11.5. The minimum absolute atomic E-state index is 0.0204. The summed E-state index contributed by atoms with van der Waals surface area (Å²) in [5.41, 5.74) is 2.57. The Hall–Kier alpha value is -3.45. The van der Waals surface area contributed by atoms with Crippen molar-refractivity contribution in [2.45, 2.75) is 13.5 Å². The molecule has 0 saturated heterocycles. The fourth-order valence-corrected chi connectivity index (χ4v) is 4.33. The van der Waals surface area contributed by atoms with Crippen molar-refractivity contribution in [1.82, 2.24) is 14.0 Å². The molecule has 0 aliphatic carbocycles. The number of para-hydroxylation sites is 1. The Morgan fingerprint density at radius 2 is 1.96 bits per heavy atom. The average molecular weight is 388 g/mol. The number of carbonyl (C=O) groups excluding carboxylic acids is 1. The second-order valence-electron chi connectivity index (χ2n) is 6.48. The highest BCUT2D eigenvalue weighted by molar-refractivity contribution is 7.15. The van der Waals surface area contributed by atoms with Crippen LogP contribution in [0.2, 0.25) is 0 Å². The molecular weight excluding hydrogens is 372 g/mol. The van der Waals surface area contributed by atoms with Gasteiger partial charge in [-0.25, -0.2) is 4.98 Å². The summed E-state index contributed by atoms with van der Waals surface area (Å²) in [5, 5.41) is 6.81. The molecule has 5 aromatic rings. The molecule has 0 bridgehead atoms. The highest BCUT2D eigenvalue weighted by Gasteiger charge is 2.15. The smallest absolute Gasteiger partial charge is 0.271 e. The van der Waals surface area contributed by atoms with Crippen LogP contribution in [0, 0.1) is 0 Å². The second kappa shape index (κ2) is 6.31. The summed E-state index contributed by atoms with van der Waals surface area (Å²) in [7, 11) is 0. The molecule has 0 radical (unpaired) electrons. The maximum atomic E-state index is 12.7. The number of benzene rings is 2. The number of aryl methyl sites for hydroxylation is 1. The number of amides is 1. The van der Waals surface area contributed by atoms with Crippen molar-refractivity contribution < 1.29 is 4.79 Å². The fraction of sp³-hybridized carbons (Fsp3) is 0.0952. The average Bonchev–Trinajstić information content (AvgIpc) is 3.31. The van der Waals surface area contributed by atoms with Crippen LogP contribution in [0.5, 0.6) is 0 Å². The maximum absolute atomic E-state index is 12.7. The van der Waals surface area contributed by atoms with Crippen LogP contribution in [0.4, 0.5) is 5.69 Å². The minimum Gasteiger partial charge on any atom is -0.341 e. The van der Waals surface area contributed by atoms with Gasteiger partial charge in [-0.05, 0) is 31.2 Å². The van der Waals surface area contributed by atoms with Crippen LogP contribution in [-0.2, 0) is 6.54 Å². The number of hydrogen-bond donors (Lipinski definition) is 1. The van der Waals surface area contributed by atoms with Gasteiger partial charge in [0, 0.05) is 51.8 Å². The molecule has 28 heavy (non-hydrogen) atoms. The van der Waals surface area contributed by atoms with Crippen molar-refractivity contribution in [3.63, 3.8) is 0 Å². The van der Waals surface area contributed by atoms with E-state index in [2.05, 4.69) is 33.9 Å². The molecule has 0 aliphatic heterocycles. The van der Waals surface area contributed by atoms with E-state index in [0.29, 0.717) is 10.6 Å². The molecule has 0 spiro atoms. The Morgan fingerprint density at radius 1 is 1.14 bits per heavy atom. The van der Waals surface area contributed by atoms with E-state index in [0.717, 1.165) is 28.4 Å². The molecule has 3 aromatic heterocycles. The Kier molecular flexibility index (Phi) is 3.77. The molecule has 0 fully saturated rings. The molecule has 7 heteroatoms. The van der Waals surface area contributed by atoms with Gasteiger partial charge in [-0.3, -0.25) is 14.0 Å². The van der Waals surface area contributed by atoms with E-state index in [-0.39, 0.29) is 11.1 Å². The Bertz CT molecular complexity index is 1430. The number of carbonyl (C=O) groups is 1. The number of fused-ring (bicyclic) bond motifs is 4. The summed E-state index contributed by atoms with van der Waals surface area (Å²) in [6.45, 7) is 2.97. The number of thiazole rings is 1. The SMILES string of the molecule is CCn1c2ccccc2c2cc(NC(=O)c3cnc4sccn4c3=O)ccc21. The number of anilines is 1. The highest BCUT2D eigenvalue weighted by Crippen LogP contribution is 2.31. The van der Waals surface area contributed by atoms with E-state index in [4.69, 9.17) is 0 Å². The molecule has 138 valence electrons. The monoisotopic (exact) mass is 388 g/mol. The molecule has 1 N–H and O–H groups in total. The minimum atomic E-state index is -0.461. The van der Waals surface area contributed by atoms with Gasteiger partial charge in [0.1, 0.15) is 5.56 Å². The van der Waals surface area contributed by atoms with E-state index in [1.807, 2.05) is 30.3 Å². The standard InChI is InChI=1S/C21H16N4O2S/c1-2-24-17-6-4-3-5-14(17)15-11-13(7-8-18(15)24)23-19(26)16-12-22-21-25(20(16)27)9-10-28-21/h3-12H,2H2,1H3,(H,23,26). The van der Waals surface area contributed by atoms with Crippen LogP contribution < -0.4 is 10.9 Å². The second-order valence-corrected chi connectivity index (χ2v) is 7.35. The summed E-state index contributed by atoms with van der Waals surface area (Å²) in [6, 6.07) is 14.0. The summed E-state index contributed by atoms with van der Waals surface area (Å²) in [4.78, 5) is 30.0. The highest BCUT2D eigenvalue weighted by atomic mass is 32.1. The van der Waals surface area contributed by atoms with Crippen molar-refractivity contribution in [3.8, 4) is 0 Å². The van der Waals surface area contributed by atoms with Crippen LogP contribution in [0.25, 0.3) is 26.8 Å². The Balaban J connectivity index is 1.58. The van der Waals surface area contributed by atoms with Crippen LogP contribution >= 0.6 is 11.3 Å². The Morgan fingerprint density at radius 3 is 2.82 bits per heavy atom. The molecule has 2 aromatic carbocycles. The predicted molar refractivity (Wildman–Crippen MR) is 112 cm³/mol. The lowest BCUT2D eigenvalue weighted by Crippen LogP contribution is -2.25. The molecule has 1 amide bonds. The van der Waals surface area contributed by atoms with E-state index in [1.165, 1.54) is 21.9 Å². The molecule has 0 atom stereocenters. The Labute approximate surface area is 163 Å².